The topological polar surface area (TPSA) is 44.4 Å². The quantitative estimate of drug-likeness (QED) is 0.870. The van der Waals surface area contributed by atoms with E-state index in [2.05, 4.69) is 43.5 Å². The highest BCUT2D eigenvalue weighted by molar-refractivity contribution is 5.93. The molecule has 0 aromatic heterocycles. The molecule has 0 aliphatic carbocycles. The number of rotatable bonds is 5. The summed E-state index contributed by atoms with van der Waals surface area (Å²) in [5, 5.41) is 6.05. The van der Waals surface area contributed by atoms with E-state index in [0.717, 1.165) is 17.1 Å². The van der Waals surface area contributed by atoms with Crippen LogP contribution in [-0.2, 0) is 10.2 Å². The van der Waals surface area contributed by atoms with E-state index in [1.54, 1.807) is 0 Å². The molecule has 0 saturated heterocycles. The molecule has 0 fully saturated rings. The molecule has 0 spiro atoms. The van der Waals surface area contributed by atoms with Gasteiger partial charge in [0.2, 0.25) is 5.91 Å². The monoisotopic (exact) mass is 325 g/mol. The van der Waals surface area contributed by atoms with E-state index < -0.39 is 0 Å². The molecule has 4 nitrogen and oxygen atoms in total. The molecule has 0 heterocycles. The summed E-state index contributed by atoms with van der Waals surface area (Å²) in [4.78, 5) is 14.1. The number of hydrogen-bond acceptors (Lipinski definition) is 3. The largest absolute Gasteiger partial charge is 0.378 e. The van der Waals surface area contributed by atoms with Crippen LogP contribution < -0.4 is 15.5 Å². The van der Waals surface area contributed by atoms with Crippen molar-refractivity contribution in [3.05, 3.63) is 54.1 Å². The highest BCUT2D eigenvalue weighted by Crippen LogP contribution is 2.23. The van der Waals surface area contributed by atoms with Gasteiger partial charge in [0.1, 0.15) is 0 Å². The van der Waals surface area contributed by atoms with Gasteiger partial charge < -0.3 is 15.5 Å². The molecule has 2 aromatic carbocycles. The Hall–Kier alpha value is -2.49. The van der Waals surface area contributed by atoms with E-state index in [4.69, 9.17) is 0 Å². The molecular formula is C20H27N3O. The molecule has 1 amide bonds. The van der Waals surface area contributed by atoms with Gasteiger partial charge >= 0.3 is 0 Å². The minimum Gasteiger partial charge on any atom is -0.378 e. The molecule has 2 N–H and O–H groups in total. The Bertz CT molecular complexity index is 668. The first-order valence-corrected chi connectivity index (χ1v) is 8.17. The Morgan fingerprint density at radius 3 is 1.96 bits per heavy atom. The van der Waals surface area contributed by atoms with Crippen LogP contribution in [0.5, 0.6) is 0 Å². The van der Waals surface area contributed by atoms with Crippen LogP contribution in [0.3, 0.4) is 0 Å². The maximum absolute atomic E-state index is 12.0. The van der Waals surface area contributed by atoms with E-state index in [1.165, 1.54) is 5.56 Å². The molecule has 0 aliphatic heterocycles. The third-order valence-electron chi connectivity index (χ3n) is 3.87. The zero-order valence-electron chi connectivity index (χ0n) is 15.2. The van der Waals surface area contributed by atoms with Crippen molar-refractivity contribution in [3.63, 3.8) is 0 Å². The van der Waals surface area contributed by atoms with Crippen molar-refractivity contribution in [2.75, 3.05) is 36.2 Å². The Balaban J connectivity index is 1.86. The number of carbonyl (C=O) groups is 1. The highest BCUT2D eigenvalue weighted by atomic mass is 16.1. The fourth-order valence-electron chi connectivity index (χ4n) is 2.32. The molecule has 2 aromatic rings. The minimum atomic E-state index is -0.0625. The van der Waals surface area contributed by atoms with Gasteiger partial charge in [-0.3, -0.25) is 4.79 Å². The minimum absolute atomic E-state index is 0.0625. The molecule has 4 heteroatoms. The van der Waals surface area contributed by atoms with Crippen LogP contribution in [0.25, 0.3) is 0 Å². The zero-order valence-corrected chi connectivity index (χ0v) is 15.2. The van der Waals surface area contributed by atoms with Crippen LogP contribution in [-0.4, -0.2) is 26.5 Å². The van der Waals surface area contributed by atoms with E-state index in [-0.39, 0.29) is 17.9 Å². The lowest BCUT2D eigenvalue weighted by Gasteiger charge is -2.19. The lowest BCUT2D eigenvalue weighted by Crippen LogP contribution is -2.21. The Morgan fingerprint density at radius 1 is 0.917 bits per heavy atom. The van der Waals surface area contributed by atoms with Crippen LogP contribution in [0.4, 0.5) is 17.1 Å². The molecule has 0 atom stereocenters. The van der Waals surface area contributed by atoms with Gasteiger partial charge in [0.25, 0.3) is 0 Å². The number of carbonyl (C=O) groups excluding carboxylic acids is 1. The molecule has 0 bridgehead atoms. The fourth-order valence-corrected chi connectivity index (χ4v) is 2.32. The zero-order chi connectivity index (χ0) is 17.7. The molecule has 0 aliphatic rings. The van der Waals surface area contributed by atoms with Crippen molar-refractivity contribution < 1.29 is 4.79 Å². The summed E-state index contributed by atoms with van der Waals surface area (Å²) in [6.07, 6.45) is 0. The van der Waals surface area contributed by atoms with Crippen molar-refractivity contribution in [2.24, 2.45) is 0 Å². The second-order valence-corrected chi connectivity index (χ2v) is 7.17. The lowest BCUT2D eigenvalue weighted by molar-refractivity contribution is -0.114. The Morgan fingerprint density at radius 2 is 1.46 bits per heavy atom. The first kappa shape index (κ1) is 17.9. The van der Waals surface area contributed by atoms with E-state index in [0.29, 0.717) is 0 Å². The van der Waals surface area contributed by atoms with E-state index in [9.17, 15) is 4.79 Å². The summed E-state index contributed by atoms with van der Waals surface area (Å²) < 4.78 is 0. The molecule has 0 saturated carbocycles. The number of hydrogen-bond donors (Lipinski definition) is 2. The summed E-state index contributed by atoms with van der Waals surface area (Å²) in [6.45, 7) is 6.80. The second-order valence-electron chi connectivity index (χ2n) is 7.17. The molecule has 128 valence electrons. The van der Waals surface area contributed by atoms with Crippen LogP contribution in [0.2, 0.25) is 0 Å². The number of benzene rings is 2. The predicted octanol–water partition coefficient (Wildman–Crippen LogP) is 4.10. The fraction of sp³-hybridized carbons (Fsp3) is 0.350. The summed E-state index contributed by atoms with van der Waals surface area (Å²) >= 11 is 0. The van der Waals surface area contributed by atoms with Crippen LogP contribution in [0, 0.1) is 0 Å². The first-order chi connectivity index (χ1) is 11.3. The summed E-state index contributed by atoms with van der Waals surface area (Å²) in [7, 11) is 3.98. The van der Waals surface area contributed by atoms with Crippen molar-refractivity contribution in [2.45, 2.75) is 26.2 Å². The SMILES string of the molecule is CN(C)c1ccc(NC(=O)CNc2ccc(C(C)(C)C)cc2)cc1. The predicted molar refractivity (Wildman–Crippen MR) is 103 cm³/mol. The third kappa shape index (κ3) is 5.01. The van der Waals surface area contributed by atoms with Crippen molar-refractivity contribution >= 4 is 23.0 Å². The third-order valence-corrected chi connectivity index (χ3v) is 3.87. The first-order valence-electron chi connectivity index (χ1n) is 8.17. The van der Waals surface area contributed by atoms with E-state index in [1.807, 2.05) is 55.4 Å². The van der Waals surface area contributed by atoms with Gasteiger partial charge in [0.05, 0.1) is 6.54 Å². The number of amides is 1. The summed E-state index contributed by atoms with van der Waals surface area (Å²) in [6, 6.07) is 16.0. The van der Waals surface area contributed by atoms with Crippen molar-refractivity contribution in [1.82, 2.24) is 0 Å². The maximum atomic E-state index is 12.0. The standard InChI is InChI=1S/C20H27N3O/c1-20(2,3)15-6-8-16(9-7-15)21-14-19(24)22-17-10-12-18(13-11-17)23(4)5/h6-13,21H,14H2,1-5H3,(H,22,24). The van der Waals surface area contributed by atoms with Gasteiger partial charge in [-0.05, 0) is 47.4 Å². The van der Waals surface area contributed by atoms with Gasteiger partial charge in [-0.15, -0.1) is 0 Å². The number of nitrogens with one attached hydrogen (secondary N) is 2. The van der Waals surface area contributed by atoms with Crippen molar-refractivity contribution in [1.29, 1.82) is 0 Å². The van der Waals surface area contributed by atoms with Gasteiger partial charge in [-0.25, -0.2) is 0 Å². The average Bonchev–Trinajstić information content (AvgIpc) is 2.53. The molecule has 2 rings (SSSR count). The van der Waals surface area contributed by atoms with Gasteiger partial charge in [0, 0.05) is 31.2 Å². The van der Waals surface area contributed by atoms with Crippen molar-refractivity contribution in [3.8, 4) is 0 Å². The van der Waals surface area contributed by atoms with Gasteiger partial charge in [-0.1, -0.05) is 32.9 Å². The Kier molecular flexibility index (Phi) is 5.50. The van der Waals surface area contributed by atoms with E-state index >= 15 is 0 Å². The lowest BCUT2D eigenvalue weighted by atomic mass is 9.87. The Labute approximate surface area is 144 Å². The maximum Gasteiger partial charge on any atom is 0.243 e. The van der Waals surface area contributed by atoms with Gasteiger partial charge in [-0.2, -0.15) is 0 Å². The highest BCUT2D eigenvalue weighted by Gasteiger charge is 2.12. The van der Waals surface area contributed by atoms with Crippen LogP contribution >= 0.6 is 0 Å². The second kappa shape index (κ2) is 7.39. The molecule has 0 radical (unpaired) electrons. The van der Waals surface area contributed by atoms with Crippen LogP contribution in [0.15, 0.2) is 48.5 Å². The summed E-state index contributed by atoms with van der Waals surface area (Å²) in [5.74, 6) is -0.0625. The number of anilines is 3. The number of nitrogens with zero attached hydrogens (tertiary/aromatic N) is 1. The molecule has 0 unspecified atom stereocenters. The normalized spacial score (nSPS) is 11.0. The average molecular weight is 325 g/mol. The molecular weight excluding hydrogens is 298 g/mol. The summed E-state index contributed by atoms with van der Waals surface area (Å²) in [5.41, 5.74) is 4.26. The molecule has 24 heavy (non-hydrogen) atoms. The van der Waals surface area contributed by atoms with Crippen LogP contribution in [0.1, 0.15) is 26.3 Å². The smallest absolute Gasteiger partial charge is 0.243 e. The van der Waals surface area contributed by atoms with Gasteiger partial charge in [0.15, 0.2) is 0 Å².